The third-order valence-corrected chi connectivity index (χ3v) is 3.93. The summed E-state index contributed by atoms with van der Waals surface area (Å²) in [6.45, 7) is 3.71. The van der Waals surface area contributed by atoms with Gasteiger partial charge in [0.15, 0.2) is 11.1 Å². The molecule has 0 aliphatic carbocycles. The van der Waals surface area contributed by atoms with E-state index in [-0.39, 0.29) is 5.91 Å². The number of thiazole rings is 1. The van der Waals surface area contributed by atoms with Crippen LogP contribution in [-0.2, 0) is 11.3 Å². The first-order valence-electron chi connectivity index (χ1n) is 7.05. The van der Waals surface area contributed by atoms with Crippen LogP contribution < -0.4 is 16.0 Å². The van der Waals surface area contributed by atoms with Crippen molar-refractivity contribution in [3.8, 4) is 11.3 Å². The van der Waals surface area contributed by atoms with Gasteiger partial charge in [-0.3, -0.25) is 9.79 Å². The van der Waals surface area contributed by atoms with Crippen LogP contribution in [0.2, 0.25) is 0 Å². The molecule has 1 aliphatic heterocycles. The van der Waals surface area contributed by atoms with Gasteiger partial charge in [0.1, 0.15) is 0 Å². The molecule has 3 rings (SSSR count). The van der Waals surface area contributed by atoms with Gasteiger partial charge in [-0.05, 0) is 11.6 Å². The van der Waals surface area contributed by atoms with Crippen LogP contribution in [0.5, 0.6) is 0 Å². The van der Waals surface area contributed by atoms with E-state index in [9.17, 15) is 4.79 Å². The van der Waals surface area contributed by atoms with Crippen LogP contribution in [0, 0.1) is 0 Å². The Bertz CT molecular complexity index is 709. The molecule has 0 atom stereocenters. The summed E-state index contributed by atoms with van der Waals surface area (Å²) >= 11 is 1.54. The Morgan fingerprint density at radius 2 is 2.36 bits per heavy atom. The van der Waals surface area contributed by atoms with E-state index < -0.39 is 0 Å². The molecule has 1 aliphatic rings. The second kappa shape index (κ2) is 6.57. The molecule has 0 saturated carbocycles. The van der Waals surface area contributed by atoms with Gasteiger partial charge < -0.3 is 16.0 Å². The molecule has 2 heterocycles. The SMILES string of the molecule is CC(=O)NCc1cccc(-c2csc(NC3=NCCN3)n2)c1. The normalized spacial score (nSPS) is 13.4. The molecule has 114 valence electrons. The highest BCUT2D eigenvalue weighted by Crippen LogP contribution is 2.25. The summed E-state index contributed by atoms with van der Waals surface area (Å²) in [4.78, 5) is 19.9. The Hall–Kier alpha value is -2.41. The molecule has 1 aromatic carbocycles. The molecule has 22 heavy (non-hydrogen) atoms. The van der Waals surface area contributed by atoms with Gasteiger partial charge in [-0.2, -0.15) is 0 Å². The lowest BCUT2D eigenvalue weighted by Gasteiger charge is -2.04. The standard InChI is InChI=1S/C15H17N5OS/c1-10(21)18-8-11-3-2-4-12(7-11)13-9-22-15(19-13)20-14-16-5-6-17-14/h2-4,7,9H,5-6,8H2,1H3,(H,18,21)(H2,16,17,19,20). The summed E-state index contributed by atoms with van der Waals surface area (Å²) in [5.41, 5.74) is 3.00. The van der Waals surface area contributed by atoms with Gasteiger partial charge in [0.2, 0.25) is 5.91 Å². The molecule has 6 nitrogen and oxygen atoms in total. The number of nitrogens with zero attached hydrogens (tertiary/aromatic N) is 2. The molecule has 3 N–H and O–H groups in total. The highest BCUT2D eigenvalue weighted by molar-refractivity contribution is 7.14. The predicted molar refractivity (Wildman–Crippen MR) is 89.0 cm³/mol. The molecule has 1 aromatic heterocycles. The van der Waals surface area contributed by atoms with Crippen molar-refractivity contribution in [3.05, 3.63) is 35.2 Å². The smallest absolute Gasteiger partial charge is 0.217 e. The number of guanidine groups is 1. The maximum Gasteiger partial charge on any atom is 0.217 e. The fraction of sp³-hybridized carbons (Fsp3) is 0.267. The Kier molecular flexibility index (Phi) is 4.34. The Labute approximate surface area is 132 Å². The van der Waals surface area contributed by atoms with E-state index in [2.05, 4.69) is 25.9 Å². The van der Waals surface area contributed by atoms with Crippen molar-refractivity contribution in [1.29, 1.82) is 0 Å². The summed E-state index contributed by atoms with van der Waals surface area (Å²) in [6.07, 6.45) is 0. The highest BCUT2D eigenvalue weighted by atomic mass is 32.1. The van der Waals surface area contributed by atoms with E-state index in [1.807, 2.05) is 29.6 Å². The van der Waals surface area contributed by atoms with Crippen molar-refractivity contribution >= 4 is 28.3 Å². The second-order valence-electron chi connectivity index (χ2n) is 4.93. The minimum atomic E-state index is -0.0320. The summed E-state index contributed by atoms with van der Waals surface area (Å²) in [6, 6.07) is 8.02. The van der Waals surface area contributed by atoms with E-state index in [0.717, 1.165) is 41.0 Å². The van der Waals surface area contributed by atoms with Crippen LogP contribution in [0.15, 0.2) is 34.6 Å². The number of benzene rings is 1. The Morgan fingerprint density at radius 1 is 1.45 bits per heavy atom. The van der Waals surface area contributed by atoms with E-state index in [1.54, 1.807) is 11.3 Å². The molecule has 0 bridgehead atoms. The van der Waals surface area contributed by atoms with Crippen LogP contribution >= 0.6 is 11.3 Å². The number of aliphatic imine (C=N–C) groups is 1. The third-order valence-electron chi connectivity index (χ3n) is 3.17. The fourth-order valence-electron chi connectivity index (χ4n) is 2.11. The van der Waals surface area contributed by atoms with E-state index >= 15 is 0 Å². The van der Waals surface area contributed by atoms with Gasteiger partial charge >= 0.3 is 0 Å². The van der Waals surface area contributed by atoms with Crippen molar-refractivity contribution < 1.29 is 4.79 Å². The number of carbonyl (C=O) groups is 1. The van der Waals surface area contributed by atoms with E-state index in [4.69, 9.17) is 0 Å². The zero-order valence-corrected chi connectivity index (χ0v) is 13.0. The lowest BCUT2D eigenvalue weighted by atomic mass is 10.1. The van der Waals surface area contributed by atoms with Gasteiger partial charge in [-0.15, -0.1) is 11.3 Å². The fourth-order valence-corrected chi connectivity index (χ4v) is 2.83. The first kappa shape index (κ1) is 14.5. The second-order valence-corrected chi connectivity index (χ2v) is 5.79. The lowest BCUT2D eigenvalue weighted by molar-refractivity contribution is -0.119. The first-order chi connectivity index (χ1) is 10.7. The quantitative estimate of drug-likeness (QED) is 0.804. The molecular weight excluding hydrogens is 298 g/mol. The van der Waals surface area contributed by atoms with Crippen molar-refractivity contribution in [1.82, 2.24) is 15.6 Å². The van der Waals surface area contributed by atoms with Crippen LogP contribution in [-0.4, -0.2) is 29.9 Å². The number of rotatable bonds is 4. The molecule has 2 aromatic rings. The lowest BCUT2D eigenvalue weighted by Crippen LogP contribution is -2.26. The maximum atomic E-state index is 11.0. The molecule has 0 unspecified atom stereocenters. The zero-order valence-electron chi connectivity index (χ0n) is 12.2. The Balaban J connectivity index is 1.72. The maximum absolute atomic E-state index is 11.0. The van der Waals surface area contributed by atoms with E-state index in [1.165, 1.54) is 6.92 Å². The molecular formula is C15H17N5OS. The average molecular weight is 315 g/mol. The number of anilines is 1. The topological polar surface area (TPSA) is 78.4 Å². The number of aromatic nitrogens is 1. The zero-order chi connectivity index (χ0) is 15.4. The van der Waals surface area contributed by atoms with Crippen LogP contribution in [0.25, 0.3) is 11.3 Å². The number of carbonyl (C=O) groups excluding carboxylic acids is 1. The largest absolute Gasteiger partial charge is 0.354 e. The molecule has 1 amide bonds. The molecule has 0 fully saturated rings. The number of nitrogens with one attached hydrogen (secondary N) is 3. The summed E-state index contributed by atoms with van der Waals surface area (Å²) in [5.74, 6) is 0.746. The third kappa shape index (κ3) is 3.62. The van der Waals surface area contributed by atoms with Gasteiger partial charge in [0.05, 0.1) is 12.2 Å². The van der Waals surface area contributed by atoms with Crippen molar-refractivity contribution in [2.24, 2.45) is 4.99 Å². The van der Waals surface area contributed by atoms with Gasteiger partial charge in [0.25, 0.3) is 0 Å². The van der Waals surface area contributed by atoms with Gasteiger partial charge in [0, 0.05) is 31.0 Å². The number of hydrogen-bond acceptors (Lipinski definition) is 6. The summed E-state index contributed by atoms with van der Waals surface area (Å²) < 4.78 is 0. The number of amides is 1. The van der Waals surface area contributed by atoms with E-state index in [0.29, 0.717) is 6.54 Å². The van der Waals surface area contributed by atoms with Crippen molar-refractivity contribution in [2.75, 3.05) is 18.4 Å². The van der Waals surface area contributed by atoms with Crippen LogP contribution in [0.4, 0.5) is 5.13 Å². The average Bonchev–Trinajstić information content (AvgIpc) is 3.18. The number of hydrogen-bond donors (Lipinski definition) is 3. The van der Waals surface area contributed by atoms with Crippen LogP contribution in [0.1, 0.15) is 12.5 Å². The highest BCUT2D eigenvalue weighted by Gasteiger charge is 2.09. The monoisotopic (exact) mass is 315 g/mol. The van der Waals surface area contributed by atoms with Gasteiger partial charge in [-0.25, -0.2) is 4.98 Å². The van der Waals surface area contributed by atoms with Gasteiger partial charge in [-0.1, -0.05) is 18.2 Å². The summed E-state index contributed by atoms with van der Waals surface area (Å²) in [7, 11) is 0. The van der Waals surface area contributed by atoms with Crippen molar-refractivity contribution in [3.63, 3.8) is 0 Å². The Morgan fingerprint density at radius 3 is 3.14 bits per heavy atom. The minimum Gasteiger partial charge on any atom is -0.354 e. The summed E-state index contributed by atoms with van der Waals surface area (Å²) in [5, 5.41) is 12.0. The molecule has 0 radical (unpaired) electrons. The predicted octanol–water partition coefficient (Wildman–Crippen LogP) is 1.82. The molecule has 7 heteroatoms. The first-order valence-corrected chi connectivity index (χ1v) is 7.93. The van der Waals surface area contributed by atoms with Crippen LogP contribution in [0.3, 0.4) is 0 Å². The minimum absolute atomic E-state index is 0.0320. The molecule has 0 saturated heterocycles. The van der Waals surface area contributed by atoms with Crippen molar-refractivity contribution in [2.45, 2.75) is 13.5 Å². The molecule has 0 spiro atoms.